The zero-order valence-corrected chi connectivity index (χ0v) is 16.3. The number of hydrogen-bond acceptors (Lipinski definition) is 4. The first-order valence-electron chi connectivity index (χ1n) is 10.2. The predicted molar refractivity (Wildman–Crippen MR) is 115 cm³/mol. The molecule has 5 rings (SSSR count). The van der Waals surface area contributed by atoms with E-state index in [0.717, 1.165) is 45.7 Å². The smallest absolute Gasteiger partial charge is 0.159 e. The molecule has 28 heavy (non-hydrogen) atoms. The number of imidazole rings is 1. The van der Waals surface area contributed by atoms with Crippen molar-refractivity contribution < 1.29 is 0 Å². The number of aromatic nitrogens is 4. The maximum atomic E-state index is 4.75. The van der Waals surface area contributed by atoms with E-state index in [1.165, 1.54) is 44.5 Å². The third-order valence-corrected chi connectivity index (χ3v) is 5.60. The molecule has 0 unspecified atom stereocenters. The van der Waals surface area contributed by atoms with Gasteiger partial charge in [0.1, 0.15) is 5.69 Å². The lowest BCUT2D eigenvalue weighted by Crippen LogP contribution is -2.22. The van der Waals surface area contributed by atoms with Gasteiger partial charge in [-0.05, 0) is 76.2 Å². The van der Waals surface area contributed by atoms with Crippen molar-refractivity contribution in [1.29, 1.82) is 0 Å². The van der Waals surface area contributed by atoms with E-state index in [1.807, 2.05) is 0 Å². The fraction of sp³-hybridized carbons (Fsp3) is 0.364. The van der Waals surface area contributed by atoms with Gasteiger partial charge in [0.25, 0.3) is 0 Å². The number of fused-ring (bicyclic) bond motifs is 2. The molecule has 1 aliphatic heterocycles. The highest BCUT2D eigenvalue weighted by molar-refractivity contribution is 5.93. The second-order valence-corrected chi connectivity index (χ2v) is 7.77. The second-order valence-electron chi connectivity index (χ2n) is 7.77. The Balaban J connectivity index is 1.32. The quantitative estimate of drug-likeness (QED) is 0.440. The molecule has 2 aromatic heterocycles. The van der Waals surface area contributed by atoms with Crippen molar-refractivity contribution in [2.45, 2.75) is 26.2 Å². The molecule has 0 aliphatic carbocycles. The lowest BCUT2D eigenvalue weighted by Gasteiger charge is -2.14. The summed E-state index contributed by atoms with van der Waals surface area (Å²) in [7, 11) is 0. The minimum atomic E-state index is 0.804. The summed E-state index contributed by atoms with van der Waals surface area (Å²) in [6.45, 7) is 6.81. The van der Waals surface area contributed by atoms with Crippen LogP contribution in [-0.4, -0.2) is 51.2 Å². The lowest BCUT2D eigenvalue weighted by molar-refractivity contribution is 0.337. The van der Waals surface area contributed by atoms with Crippen molar-refractivity contribution >= 4 is 27.6 Å². The van der Waals surface area contributed by atoms with E-state index in [-0.39, 0.29) is 0 Å². The number of aromatic amines is 2. The van der Waals surface area contributed by atoms with Crippen molar-refractivity contribution in [3.8, 4) is 11.5 Å². The second kappa shape index (κ2) is 7.28. The van der Waals surface area contributed by atoms with Gasteiger partial charge in [0.15, 0.2) is 5.82 Å². The van der Waals surface area contributed by atoms with E-state index in [2.05, 4.69) is 68.7 Å². The molecule has 1 aliphatic rings. The van der Waals surface area contributed by atoms with Gasteiger partial charge in [-0.25, -0.2) is 4.98 Å². The van der Waals surface area contributed by atoms with Gasteiger partial charge < -0.3 is 15.2 Å². The Morgan fingerprint density at radius 3 is 2.86 bits per heavy atom. The number of nitrogens with zero attached hydrogens (tertiary/aromatic N) is 3. The summed E-state index contributed by atoms with van der Waals surface area (Å²) in [5.74, 6) is 0.804. The fourth-order valence-electron chi connectivity index (χ4n) is 4.08. The monoisotopic (exact) mass is 374 g/mol. The van der Waals surface area contributed by atoms with Gasteiger partial charge in [0, 0.05) is 17.6 Å². The van der Waals surface area contributed by atoms with Crippen LogP contribution in [0, 0.1) is 6.92 Å². The molecule has 4 aromatic rings. The summed E-state index contributed by atoms with van der Waals surface area (Å²) >= 11 is 0. The van der Waals surface area contributed by atoms with Gasteiger partial charge in [-0.15, -0.1) is 0 Å². The lowest BCUT2D eigenvalue weighted by atomic mass is 10.1. The number of benzene rings is 2. The summed E-state index contributed by atoms with van der Waals surface area (Å²) in [6, 6.07) is 12.6. The van der Waals surface area contributed by atoms with Crippen molar-refractivity contribution in [3.05, 3.63) is 42.0 Å². The van der Waals surface area contributed by atoms with E-state index >= 15 is 0 Å². The Labute approximate surface area is 164 Å². The minimum Gasteiger partial charge on any atom is -0.385 e. The molecule has 1 saturated heterocycles. The topological polar surface area (TPSA) is 72.6 Å². The number of likely N-dealkylation sites (tertiary alicyclic amines) is 1. The van der Waals surface area contributed by atoms with E-state index in [9.17, 15) is 0 Å². The molecule has 6 nitrogen and oxygen atoms in total. The van der Waals surface area contributed by atoms with Crippen LogP contribution in [0.4, 0.5) is 5.69 Å². The number of anilines is 1. The Bertz CT molecular complexity index is 1100. The van der Waals surface area contributed by atoms with Crippen LogP contribution in [0.15, 0.2) is 36.4 Å². The van der Waals surface area contributed by atoms with E-state index in [0.29, 0.717) is 0 Å². The Kier molecular flexibility index (Phi) is 4.49. The number of nitrogens with one attached hydrogen (secondary N) is 3. The van der Waals surface area contributed by atoms with Crippen LogP contribution >= 0.6 is 0 Å². The molecular weight excluding hydrogens is 348 g/mol. The van der Waals surface area contributed by atoms with Gasteiger partial charge in [-0.2, -0.15) is 5.10 Å². The van der Waals surface area contributed by atoms with Gasteiger partial charge in [0.05, 0.1) is 16.6 Å². The number of H-pyrrole nitrogens is 2. The molecule has 0 amide bonds. The molecule has 0 bridgehead atoms. The molecule has 6 heteroatoms. The van der Waals surface area contributed by atoms with Crippen LogP contribution in [0.2, 0.25) is 0 Å². The van der Waals surface area contributed by atoms with Crippen LogP contribution in [0.5, 0.6) is 0 Å². The average Bonchev–Trinajstić information content (AvgIpc) is 3.43. The third kappa shape index (κ3) is 3.36. The van der Waals surface area contributed by atoms with Gasteiger partial charge in [-0.3, -0.25) is 5.10 Å². The molecule has 0 atom stereocenters. The van der Waals surface area contributed by atoms with E-state index in [1.54, 1.807) is 0 Å². The molecule has 3 heterocycles. The van der Waals surface area contributed by atoms with Gasteiger partial charge >= 0.3 is 0 Å². The van der Waals surface area contributed by atoms with Crippen LogP contribution in [0.3, 0.4) is 0 Å². The van der Waals surface area contributed by atoms with E-state index in [4.69, 9.17) is 4.98 Å². The molecule has 1 fully saturated rings. The highest BCUT2D eigenvalue weighted by Crippen LogP contribution is 2.27. The van der Waals surface area contributed by atoms with Gasteiger partial charge in [-0.1, -0.05) is 11.6 Å². The number of hydrogen-bond donors (Lipinski definition) is 3. The molecule has 0 saturated carbocycles. The SMILES string of the molecule is Cc1ccc2[nH]nc(-c3nc4ccc(NCCCN5CCCC5)cc4[nH]3)c2c1. The molecule has 3 N–H and O–H groups in total. The van der Waals surface area contributed by atoms with Crippen molar-refractivity contribution in [3.63, 3.8) is 0 Å². The Hall–Kier alpha value is -2.86. The molecule has 144 valence electrons. The van der Waals surface area contributed by atoms with Crippen molar-refractivity contribution in [2.24, 2.45) is 0 Å². The van der Waals surface area contributed by atoms with Crippen LogP contribution in [-0.2, 0) is 0 Å². The molecule has 0 spiro atoms. The summed E-state index contributed by atoms with van der Waals surface area (Å²) in [6.07, 6.45) is 3.89. The predicted octanol–water partition coefficient (Wildman–Crippen LogP) is 4.31. The molecular formula is C22H26N6. The Morgan fingerprint density at radius 2 is 1.96 bits per heavy atom. The zero-order valence-electron chi connectivity index (χ0n) is 16.3. The fourth-order valence-corrected chi connectivity index (χ4v) is 4.08. The van der Waals surface area contributed by atoms with E-state index < -0.39 is 0 Å². The summed E-state index contributed by atoms with van der Waals surface area (Å²) in [5, 5.41) is 12.2. The molecule has 2 aromatic carbocycles. The standard InChI is InChI=1S/C22H26N6/c1-15-5-7-18-17(13-15)21(27-26-18)22-24-19-8-6-16(14-20(19)25-22)23-9-4-12-28-10-2-3-11-28/h5-8,13-14,23H,2-4,9-12H2,1H3,(H,24,25)(H,26,27). The minimum absolute atomic E-state index is 0.804. The largest absolute Gasteiger partial charge is 0.385 e. The normalized spacial score (nSPS) is 15.0. The number of rotatable bonds is 6. The van der Waals surface area contributed by atoms with Crippen LogP contribution in [0.1, 0.15) is 24.8 Å². The van der Waals surface area contributed by atoms with Gasteiger partial charge in [0.2, 0.25) is 0 Å². The maximum Gasteiger partial charge on any atom is 0.159 e. The first-order valence-corrected chi connectivity index (χ1v) is 10.2. The third-order valence-electron chi connectivity index (χ3n) is 5.60. The summed E-state index contributed by atoms with van der Waals surface area (Å²) in [5.41, 5.74) is 6.24. The summed E-state index contributed by atoms with van der Waals surface area (Å²) < 4.78 is 0. The van der Waals surface area contributed by atoms with Crippen LogP contribution in [0.25, 0.3) is 33.5 Å². The van der Waals surface area contributed by atoms with Crippen molar-refractivity contribution in [1.82, 2.24) is 25.1 Å². The van der Waals surface area contributed by atoms with Crippen LogP contribution < -0.4 is 5.32 Å². The van der Waals surface area contributed by atoms with Crippen molar-refractivity contribution in [2.75, 3.05) is 31.5 Å². The molecule has 0 radical (unpaired) electrons. The first-order chi connectivity index (χ1) is 13.8. The highest BCUT2D eigenvalue weighted by Gasteiger charge is 2.13. The number of aryl methyl sites for hydroxylation is 1. The maximum absolute atomic E-state index is 4.75. The highest BCUT2D eigenvalue weighted by atomic mass is 15.1. The summed E-state index contributed by atoms with van der Waals surface area (Å²) in [4.78, 5) is 10.8. The zero-order chi connectivity index (χ0) is 18.9. The first kappa shape index (κ1) is 17.3. The average molecular weight is 374 g/mol. The Morgan fingerprint density at radius 1 is 1.07 bits per heavy atom.